The highest BCUT2D eigenvalue weighted by atomic mass is 127. The third-order valence-electron chi connectivity index (χ3n) is 5.00. The SMILES string of the molecule is CC(Oc1c(I)cc(Cl)c2cccnc12)C(=O)N1CCN(C(=O)c2ccco2)CC1. The molecule has 1 aromatic carbocycles. The van der Waals surface area contributed by atoms with Crippen LogP contribution in [0.1, 0.15) is 17.5 Å². The summed E-state index contributed by atoms with van der Waals surface area (Å²) in [6.45, 7) is 3.50. The molecule has 3 aromatic rings. The number of fused-ring (bicyclic) bond motifs is 1. The van der Waals surface area contributed by atoms with E-state index < -0.39 is 6.10 Å². The molecule has 3 heterocycles. The molecule has 1 unspecified atom stereocenters. The second kappa shape index (κ2) is 8.81. The molecule has 0 radical (unpaired) electrons. The van der Waals surface area contributed by atoms with Crippen LogP contribution in [0, 0.1) is 3.57 Å². The predicted octanol–water partition coefficient (Wildman–Crippen LogP) is 3.84. The van der Waals surface area contributed by atoms with Crippen molar-refractivity contribution in [2.75, 3.05) is 26.2 Å². The van der Waals surface area contributed by atoms with Crippen molar-refractivity contribution in [3.8, 4) is 5.75 Å². The van der Waals surface area contributed by atoms with Crippen molar-refractivity contribution in [3.05, 3.63) is 57.1 Å². The number of nitrogens with zero attached hydrogens (tertiary/aromatic N) is 3. The third kappa shape index (κ3) is 4.11. The number of hydrogen-bond donors (Lipinski definition) is 0. The fourth-order valence-electron chi connectivity index (χ4n) is 3.43. The van der Waals surface area contributed by atoms with Gasteiger partial charge >= 0.3 is 0 Å². The van der Waals surface area contributed by atoms with E-state index in [1.807, 2.05) is 12.1 Å². The Hall–Kier alpha value is -2.33. The van der Waals surface area contributed by atoms with Gasteiger partial charge in [0.1, 0.15) is 5.52 Å². The van der Waals surface area contributed by atoms with Crippen LogP contribution in [0.4, 0.5) is 0 Å². The van der Waals surface area contributed by atoms with E-state index in [0.29, 0.717) is 48.2 Å². The minimum absolute atomic E-state index is 0.130. The number of piperazine rings is 1. The molecule has 2 amide bonds. The molecule has 30 heavy (non-hydrogen) atoms. The zero-order chi connectivity index (χ0) is 21.3. The van der Waals surface area contributed by atoms with Crippen LogP contribution in [0.15, 0.2) is 47.2 Å². The molecule has 1 aliphatic heterocycles. The van der Waals surface area contributed by atoms with E-state index in [2.05, 4.69) is 27.6 Å². The minimum atomic E-state index is -0.697. The zero-order valence-electron chi connectivity index (χ0n) is 16.2. The van der Waals surface area contributed by atoms with E-state index >= 15 is 0 Å². The fraction of sp³-hybridized carbons (Fsp3) is 0.286. The third-order valence-corrected chi connectivity index (χ3v) is 6.12. The van der Waals surface area contributed by atoms with Crippen molar-refractivity contribution in [2.24, 2.45) is 0 Å². The van der Waals surface area contributed by atoms with E-state index in [-0.39, 0.29) is 11.8 Å². The second-order valence-corrected chi connectivity index (χ2v) is 8.49. The number of aromatic nitrogens is 1. The van der Waals surface area contributed by atoms with Gasteiger partial charge in [-0.05, 0) is 59.8 Å². The van der Waals surface area contributed by atoms with Crippen LogP contribution < -0.4 is 4.74 Å². The largest absolute Gasteiger partial charge is 0.477 e. The first-order valence-electron chi connectivity index (χ1n) is 9.46. The molecule has 1 saturated heterocycles. The predicted molar refractivity (Wildman–Crippen MR) is 121 cm³/mol. The van der Waals surface area contributed by atoms with Gasteiger partial charge in [0, 0.05) is 37.8 Å². The molecule has 0 aliphatic carbocycles. The lowest BCUT2D eigenvalue weighted by atomic mass is 10.2. The summed E-state index contributed by atoms with van der Waals surface area (Å²) < 4.78 is 12.0. The van der Waals surface area contributed by atoms with E-state index in [1.165, 1.54) is 6.26 Å². The number of benzene rings is 1. The number of hydrogen-bond acceptors (Lipinski definition) is 5. The zero-order valence-corrected chi connectivity index (χ0v) is 19.1. The highest BCUT2D eigenvalue weighted by Gasteiger charge is 2.29. The van der Waals surface area contributed by atoms with Gasteiger partial charge in [-0.1, -0.05) is 11.6 Å². The molecule has 4 rings (SSSR count). The summed E-state index contributed by atoms with van der Waals surface area (Å²) >= 11 is 8.45. The number of carbonyl (C=O) groups excluding carboxylic acids is 2. The lowest BCUT2D eigenvalue weighted by Crippen LogP contribution is -2.53. The van der Waals surface area contributed by atoms with Crippen molar-refractivity contribution in [1.82, 2.24) is 14.8 Å². The second-order valence-electron chi connectivity index (χ2n) is 6.92. The van der Waals surface area contributed by atoms with Crippen LogP contribution in [-0.4, -0.2) is 58.9 Å². The maximum atomic E-state index is 13.0. The van der Waals surface area contributed by atoms with Crippen LogP contribution in [-0.2, 0) is 4.79 Å². The lowest BCUT2D eigenvalue weighted by Gasteiger charge is -2.35. The Kier molecular flexibility index (Phi) is 6.14. The van der Waals surface area contributed by atoms with Gasteiger partial charge in [-0.25, -0.2) is 0 Å². The Bertz CT molecular complexity index is 1080. The van der Waals surface area contributed by atoms with Crippen LogP contribution in [0.3, 0.4) is 0 Å². The summed E-state index contributed by atoms with van der Waals surface area (Å²) in [7, 11) is 0. The number of amides is 2. The smallest absolute Gasteiger partial charge is 0.289 e. The normalized spacial score (nSPS) is 15.3. The molecular formula is C21H19ClIN3O4. The number of rotatable bonds is 4. The number of carbonyl (C=O) groups is 2. The highest BCUT2D eigenvalue weighted by molar-refractivity contribution is 14.1. The Labute approximate surface area is 192 Å². The van der Waals surface area contributed by atoms with Crippen LogP contribution >= 0.6 is 34.2 Å². The number of ether oxygens (including phenoxy) is 1. The first-order valence-corrected chi connectivity index (χ1v) is 10.9. The van der Waals surface area contributed by atoms with E-state index in [0.717, 1.165) is 8.96 Å². The van der Waals surface area contributed by atoms with Gasteiger partial charge in [-0.3, -0.25) is 14.6 Å². The average molecular weight is 540 g/mol. The van der Waals surface area contributed by atoms with Crippen molar-refractivity contribution in [1.29, 1.82) is 0 Å². The molecule has 7 nitrogen and oxygen atoms in total. The Balaban J connectivity index is 1.43. The first-order chi connectivity index (χ1) is 14.5. The van der Waals surface area contributed by atoms with Crippen molar-refractivity contribution >= 4 is 56.9 Å². The summed E-state index contributed by atoms with van der Waals surface area (Å²) in [4.78, 5) is 33.1. The lowest BCUT2D eigenvalue weighted by molar-refractivity contribution is -0.139. The van der Waals surface area contributed by atoms with E-state index in [1.54, 1.807) is 41.1 Å². The van der Waals surface area contributed by atoms with Gasteiger partial charge in [0.15, 0.2) is 17.6 Å². The Morgan fingerprint density at radius 2 is 1.93 bits per heavy atom. The standard InChI is InChI=1S/C21H19ClIN3O4/c1-13(30-19-16(23)12-15(22)14-4-2-6-24-18(14)19)20(27)25-7-9-26(10-8-25)21(28)17-5-3-11-29-17/h2-6,11-13H,7-10H2,1H3. The highest BCUT2D eigenvalue weighted by Crippen LogP contribution is 2.35. The van der Waals surface area contributed by atoms with Gasteiger partial charge in [-0.15, -0.1) is 0 Å². The molecule has 0 N–H and O–H groups in total. The summed E-state index contributed by atoms with van der Waals surface area (Å²) in [6, 6.07) is 8.81. The minimum Gasteiger partial charge on any atom is -0.477 e. The molecular weight excluding hydrogens is 521 g/mol. The van der Waals surface area contributed by atoms with Crippen LogP contribution in [0.2, 0.25) is 5.02 Å². The maximum absolute atomic E-state index is 13.0. The molecule has 156 valence electrons. The van der Waals surface area contributed by atoms with Crippen LogP contribution in [0.5, 0.6) is 5.75 Å². The molecule has 0 bridgehead atoms. The molecule has 2 aromatic heterocycles. The molecule has 0 saturated carbocycles. The quantitative estimate of drug-likeness (QED) is 0.471. The monoisotopic (exact) mass is 539 g/mol. The molecule has 1 aliphatic rings. The number of pyridine rings is 1. The van der Waals surface area contributed by atoms with Gasteiger partial charge < -0.3 is 19.0 Å². The first kappa shape index (κ1) is 20.9. The number of halogens is 2. The Morgan fingerprint density at radius 1 is 1.20 bits per heavy atom. The summed E-state index contributed by atoms with van der Waals surface area (Å²) in [6.07, 6.45) is 2.45. The van der Waals surface area contributed by atoms with Gasteiger partial charge in [0.05, 0.1) is 14.9 Å². The van der Waals surface area contributed by atoms with E-state index in [4.69, 9.17) is 20.8 Å². The summed E-state index contributed by atoms with van der Waals surface area (Å²) in [5, 5.41) is 1.37. The summed E-state index contributed by atoms with van der Waals surface area (Å²) in [5.41, 5.74) is 0.628. The van der Waals surface area contributed by atoms with E-state index in [9.17, 15) is 9.59 Å². The molecule has 1 fully saturated rings. The van der Waals surface area contributed by atoms with Crippen molar-refractivity contribution < 1.29 is 18.7 Å². The average Bonchev–Trinajstić information content (AvgIpc) is 3.30. The van der Waals surface area contributed by atoms with Crippen LogP contribution in [0.25, 0.3) is 10.9 Å². The molecule has 9 heteroatoms. The van der Waals surface area contributed by atoms with Gasteiger partial charge in [0.25, 0.3) is 11.8 Å². The molecule has 0 spiro atoms. The van der Waals surface area contributed by atoms with Gasteiger partial charge in [-0.2, -0.15) is 0 Å². The Morgan fingerprint density at radius 3 is 2.63 bits per heavy atom. The van der Waals surface area contributed by atoms with Crippen molar-refractivity contribution in [3.63, 3.8) is 0 Å². The summed E-state index contributed by atoms with van der Waals surface area (Å²) in [5.74, 6) is 0.561. The molecule has 1 atom stereocenters. The van der Waals surface area contributed by atoms with Gasteiger partial charge in [0.2, 0.25) is 0 Å². The van der Waals surface area contributed by atoms with Crippen molar-refractivity contribution in [2.45, 2.75) is 13.0 Å². The topological polar surface area (TPSA) is 75.9 Å². The maximum Gasteiger partial charge on any atom is 0.289 e. The fourth-order valence-corrected chi connectivity index (χ4v) is 4.57. The number of furan rings is 1.